The zero-order valence-electron chi connectivity index (χ0n) is 13.3. The summed E-state index contributed by atoms with van der Waals surface area (Å²) in [6.45, 7) is 4.62. The molecule has 2 fully saturated rings. The minimum Gasteiger partial charge on any atom is -0.381 e. The van der Waals surface area contributed by atoms with Gasteiger partial charge < -0.3 is 9.64 Å². The van der Waals surface area contributed by atoms with Crippen LogP contribution in [0.25, 0.3) is 0 Å². The largest absolute Gasteiger partial charge is 0.381 e. The molecular formula is C16H22N2O4S. The monoisotopic (exact) mass is 338 g/mol. The quantitative estimate of drug-likeness (QED) is 0.820. The number of rotatable bonds is 3. The molecule has 3 rings (SSSR count). The van der Waals surface area contributed by atoms with Gasteiger partial charge >= 0.3 is 0 Å². The number of carbonyl (C=O) groups is 1. The van der Waals surface area contributed by atoms with Gasteiger partial charge in [0.15, 0.2) is 0 Å². The zero-order chi connectivity index (χ0) is 16.4. The van der Waals surface area contributed by atoms with Crippen LogP contribution in [0.4, 0.5) is 0 Å². The van der Waals surface area contributed by atoms with Crippen molar-refractivity contribution in [1.29, 1.82) is 0 Å². The van der Waals surface area contributed by atoms with Crippen molar-refractivity contribution in [3.05, 3.63) is 29.8 Å². The molecule has 0 spiro atoms. The SMILES string of the molecule is Cc1ccc(S(=O)(=O)N2CCN(C(=O)C3CCOC3)CC2)cc1. The maximum atomic E-state index is 12.6. The first kappa shape index (κ1) is 16.4. The average Bonchev–Trinajstić information content (AvgIpc) is 3.09. The van der Waals surface area contributed by atoms with E-state index in [4.69, 9.17) is 4.74 Å². The van der Waals surface area contributed by atoms with Gasteiger partial charge in [0.1, 0.15) is 0 Å². The van der Waals surface area contributed by atoms with Crippen LogP contribution in [0.2, 0.25) is 0 Å². The molecular weight excluding hydrogens is 316 g/mol. The third-order valence-electron chi connectivity index (χ3n) is 4.49. The summed E-state index contributed by atoms with van der Waals surface area (Å²) in [7, 11) is -3.48. The summed E-state index contributed by atoms with van der Waals surface area (Å²) in [5.41, 5.74) is 1.03. The molecule has 7 heteroatoms. The summed E-state index contributed by atoms with van der Waals surface area (Å²) >= 11 is 0. The predicted octanol–water partition coefficient (Wildman–Crippen LogP) is 0.864. The molecule has 2 saturated heterocycles. The fraction of sp³-hybridized carbons (Fsp3) is 0.562. The van der Waals surface area contributed by atoms with E-state index in [0.29, 0.717) is 44.3 Å². The highest BCUT2D eigenvalue weighted by atomic mass is 32.2. The van der Waals surface area contributed by atoms with Crippen LogP contribution in [-0.2, 0) is 19.6 Å². The molecule has 2 aliphatic rings. The highest BCUT2D eigenvalue weighted by molar-refractivity contribution is 7.89. The Morgan fingerprint density at radius 1 is 1.13 bits per heavy atom. The molecule has 23 heavy (non-hydrogen) atoms. The Labute approximate surface area is 137 Å². The lowest BCUT2D eigenvalue weighted by molar-refractivity contribution is -0.136. The van der Waals surface area contributed by atoms with E-state index in [-0.39, 0.29) is 11.8 Å². The number of hydrogen-bond donors (Lipinski definition) is 0. The second kappa shape index (κ2) is 6.59. The molecule has 0 N–H and O–H groups in total. The van der Waals surface area contributed by atoms with Gasteiger partial charge in [-0.15, -0.1) is 0 Å². The minimum absolute atomic E-state index is 0.0599. The number of nitrogens with zero attached hydrogens (tertiary/aromatic N) is 2. The molecule has 2 aliphatic heterocycles. The zero-order valence-corrected chi connectivity index (χ0v) is 14.1. The number of sulfonamides is 1. The number of aryl methyl sites for hydroxylation is 1. The number of amides is 1. The lowest BCUT2D eigenvalue weighted by Gasteiger charge is -2.35. The van der Waals surface area contributed by atoms with Gasteiger partial charge in [-0.05, 0) is 25.5 Å². The van der Waals surface area contributed by atoms with Gasteiger partial charge in [-0.3, -0.25) is 4.79 Å². The first-order valence-electron chi connectivity index (χ1n) is 7.92. The number of piperazine rings is 1. The highest BCUT2D eigenvalue weighted by Gasteiger charge is 2.33. The van der Waals surface area contributed by atoms with Crippen LogP contribution in [0.1, 0.15) is 12.0 Å². The fourth-order valence-electron chi connectivity index (χ4n) is 3.00. The van der Waals surface area contributed by atoms with Crippen LogP contribution in [0.5, 0.6) is 0 Å². The molecule has 0 aliphatic carbocycles. The third kappa shape index (κ3) is 3.41. The molecule has 0 saturated carbocycles. The summed E-state index contributed by atoms with van der Waals surface area (Å²) in [4.78, 5) is 14.4. The summed E-state index contributed by atoms with van der Waals surface area (Å²) < 4.78 is 32.0. The van der Waals surface area contributed by atoms with E-state index in [1.54, 1.807) is 29.2 Å². The standard InChI is InChI=1S/C16H22N2O4S/c1-13-2-4-15(5-3-13)23(20,21)18-9-7-17(8-10-18)16(19)14-6-11-22-12-14/h2-5,14H,6-12H2,1H3. The van der Waals surface area contributed by atoms with Crippen molar-refractivity contribution >= 4 is 15.9 Å². The fourth-order valence-corrected chi connectivity index (χ4v) is 4.42. The van der Waals surface area contributed by atoms with Gasteiger partial charge in [-0.1, -0.05) is 17.7 Å². The van der Waals surface area contributed by atoms with E-state index in [1.165, 1.54) is 4.31 Å². The van der Waals surface area contributed by atoms with E-state index in [2.05, 4.69) is 0 Å². The van der Waals surface area contributed by atoms with Crippen molar-refractivity contribution in [3.63, 3.8) is 0 Å². The first-order valence-corrected chi connectivity index (χ1v) is 9.36. The van der Waals surface area contributed by atoms with Crippen LogP contribution in [-0.4, -0.2) is 62.9 Å². The second-order valence-electron chi connectivity index (χ2n) is 6.10. The molecule has 0 aromatic heterocycles. The molecule has 0 bridgehead atoms. The Balaban J connectivity index is 1.64. The van der Waals surface area contributed by atoms with Crippen molar-refractivity contribution in [3.8, 4) is 0 Å². The van der Waals surface area contributed by atoms with Gasteiger partial charge in [0.2, 0.25) is 15.9 Å². The van der Waals surface area contributed by atoms with Crippen LogP contribution < -0.4 is 0 Å². The van der Waals surface area contributed by atoms with E-state index in [0.717, 1.165) is 12.0 Å². The smallest absolute Gasteiger partial charge is 0.243 e. The third-order valence-corrected chi connectivity index (χ3v) is 6.40. The minimum atomic E-state index is -3.48. The molecule has 0 radical (unpaired) electrons. The second-order valence-corrected chi connectivity index (χ2v) is 8.04. The van der Waals surface area contributed by atoms with Gasteiger partial charge in [-0.25, -0.2) is 8.42 Å². The lowest BCUT2D eigenvalue weighted by atomic mass is 10.1. The van der Waals surface area contributed by atoms with Crippen LogP contribution in [0.3, 0.4) is 0 Å². The maximum Gasteiger partial charge on any atom is 0.243 e. The summed E-state index contributed by atoms with van der Waals surface area (Å²) in [6.07, 6.45) is 0.765. The predicted molar refractivity (Wildman–Crippen MR) is 85.4 cm³/mol. The van der Waals surface area contributed by atoms with E-state index >= 15 is 0 Å². The van der Waals surface area contributed by atoms with Crippen molar-refractivity contribution in [1.82, 2.24) is 9.21 Å². The Morgan fingerprint density at radius 2 is 1.78 bits per heavy atom. The van der Waals surface area contributed by atoms with Gasteiger partial charge in [0.05, 0.1) is 17.4 Å². The molecule has 1 unspecified atom stereocenters. The van der Waals surface area contributed by atoms with Crippen molar-refractivity contribution in [2.45, 2.75) is 18.2 Å². The molecule has 1 amide bonds. The van der Waals surface area contributed by atoms with E-state index in [9.17, 15) is 13.2 Å². The van der Waals surface area contributed by atoms with Gasteiger partial charge in [-0.2, -0.15) is 4.31 Å². The van der Waals surface area contributed by atoms with Crippen molar-refractivity contribution in [2.24, 2.45) is 5.92 Å². The van der Waals surface area contributed by atoms with Gasteiger partial charge in [0, 0.05) is 32.8 Å². The van der Waals surface area contributed by atoms with E-state index in [1.807, 2.05) is 6.92 Å². The van der Waals surface area contributed by atoms with Crippen LogP contribution in [0, 0.1) is 12.8 Å². The van der Waals surface area contributed by atoms with Crippen molar-refractivity contribution < 1.29 is 17.9 Å². The number of carbonyl (C=O) groups excluding carboxylic acids is 1. The Kier molecular flexibility index (Phi) is 4.70. The summed E-state index contributed by atoms with van der Waals surface area (Å²) in [5.74, 6) is 0.0325. The molecule has 1 aromatic rings. The number of benzene rings is 1. The number of ether oxygens (including phenoxy) is 1. The Hall–Kier alpha value is -1.44. The van der Waals surface area contributed by atoms with Gasteiger partial charge in [0.25, 0.3) is 0 Å². The van der Waals surface area contributed by atoms with Crippen LogP contribution in [0.15, 0.2) is 29.2 Å². The molecule has 2 heterocycles. The molecule has 1 aromatic carbocycles. The average molecular weight is 338 g/mol. The molecule has 6 nitrogen and oxygen atoms in total. The Bertz CT molecular complexity index is 658. The molecule has 1 atom stereocenters. The Morgan fingerprint density at radius 3 is 2.35 bits per heavy atom. The van der Waals surface area contributed by atoms with Crippen molar-refractivity contribution in [2.75, 3.05) is 39.4 Å². The molecule has 126 valence electrons. The normalized spacial score (nSPS) is 23.2. The summed E-state index contributed by atoms with van der Waals surface area (Å²) in [6, 6.07) is 6.87. The lowest BCUT2D eigenvalue weighted by Crippen LogP contribution is -2.51. The topological polar surface area (TPSA) is 66.9 Å². The van der Waals surface area contributed by atoms with Crippen LogP contribution >= 0.6 is 0 Å². The summed E-state index contributed by atoms with van der Waals surface area (Å²) in [5, 5.41) is 0. The maximum absolute atomic E-state index is 12.6. The number of hydrogen-bond acceptors (Lipinski definition) is 4. The highest BCUT2D eigenvalue weighted by Crippen LogP contribution is 2.20. The first-order chi connectivity index (χ1) is 11.0. The van der Waals surface area contributed by atoms with E-state index < -0.39 is 10.0 Å².